The number of para-hydroxylation sites is 1. The molecule has 0 aliphatic carbocycles. The molecule has 2 heterocycles. The molecule has 0 spiro atoms. The molecule has 3 rings (SSSR count). The number of amides is 1. The van der Waals surface area contributed by atoms with Crippen molar-refractivity contribution in [2.24, 2.45) is 5.92 Å². The van der Waals surface area contributed by atoms with Crippen LogP contribution in [0, 0.1) is 5.92 Å². The van der Waals surface area contributed by atoms with Gasteiger partial charge in [0.25, 0.3) is 5.95 Å². The molecule has 21 heavy (non-hydrogen) atoms. The summed E-state index contributed by atoms with van der Waals surface area (Å²) in [4.78, 5) is 18.7. The van der Waals surface area contributed by atoms with Gasteiger partial charge in [-0.1, -0.05) is 38.5 Å². The summed E-state index contributed by atoms with van der Waals surface area (Å²) in [5, 5.41) is 6.93. The summed E-state index contributed by atoms with van der Waals surface area (Å²) in [5.74, 6) is 0.601. The van der Waals surface area contributed by atoms with E-state index in [4.69, 9.17) is 4.52 Å². The molecular weight excluding hydrogens is 268 g/mol. The molecule has 0 saturated carbocycles. The summed E-state index contributed by atoms with van der Waals surface area (Å²) >= 11 is 0. The Morgan fingerprint density at radius 1 is 1.48 bits per heavy atom. The lowest BCUT2D eigenvalue weighted by Crippen LogP contribution is -2.46. The third-order valence-electron chi connectivity index (χ3n) is 4.01. The van der Waals surface area contributed by atoms with Crippen LogP contribution < -0.4 is 10.2 Å². The zero-order chi connectivity index (χ0) is 14.8. The van der Waals surface area contributed by atoms with Crippen molar-refractivity contribution in [2.75, 3.05) is 10.2 Å². The Morgan fingerprint density at radius 2 is 2.29 bits per heavy atom. The van der Waals surface area contributed by atoms with E-state index in [1.807, 2.05) is 29.2 Å². The molecule has 110 valence electrons. The van der Waals surface area contributed by atoms with Crippen LogP contribution in [0.25, 0.3) is 0 Å². The first kappa shape index (κ1) is 13.6. The van der Waals surface area contributed by atoms with Gasteiger partial charge in [0, 0.05) is 12.2 Å². The molecule has 6 nitrogen and oxygen atoms in total. The molecule has 2 aromatic rings. The molecule has 0 radical (unpaired) electrons. The van der Waals surface area contributed by atoms with E-state index in [-0.39, 0.29) is 17.9 Å². The molecule has 0 fully saturated rings. The largest absolute Gasteiger partial charge is 0.341 e. The second-order valence-electron chi connectivity index (χ2n) is 5.34. The summed E-state index contributed by atoms with van der Waals surface area (Å²) in [6.07, 6.45) is 2.18. The van der Waals surface area contributed by atoms with Gasteiger partial charge < -0.3 is 14.7 Å². The lowest BCUT2D eigenvalue weighted by atomic mass is 9.97. The van der Waals surface area contributed by atoms with Crippen molar-refractivity contribution in [3.63, 3.8) is 0 Å². The van der Waals surface area contributed by atoms with E-state index in [1.54, 1.807) is 0 Å². The maximum Gasteiger partial charge on any atom is 0.266 e. The minimum Gasteiger partial charge on any atom is -0.341 e. The van der Waals surface area contributed by atoms with Crippen LogP contribution in [-0.4, -0.2) is 22.1 Å². The van der Waals surface area contributed by atoms with E-state index in [9.17, 15) is 4.79 Å². The number of carbonyl (C=O) groups is 1. The van der Waals surface area contributed by atoms with E-state index in [0.717, 1.165) is 17.7 Å². The van der Waals surface area contributed by atoms with E-state index >= 15 is 0 Å². The van der Waals surface area contributed by atoms with Gasteiger partial charge in [-0.15, -0.1) is 0 Å². The average Bonchev–Trinajstić information content (AvgIpc) is 2.97. The van der Waals surface area contributed by atoms with Crippen LogP contribution in [0.3, 0.4) is 0 Å². The zero-order valence-corrected chi connectivity index (χ0v) is 12.1. The third-order valence-corrected chi connectivity index (χ3v) is 4.01. The monoisotopic (exact) mass is 286 g/mol. The fourth-order valence-electron chi connectivity index (χ4n) is 2.69. The molecule has 0 saturated heterocycles. The van der Waals surface area contributed by atoms with Crippen LogP contribution in [-0.2, 0) is 11.3 Å². The van der Waals surface area contributed by atoms with Gasteiger partial charge in [-0.3, -0.25) is 4.79 Å². The zero-order valence-electron chi connectivity index (χ0n) is 12.1. The molecule has 2 unspecified atom stereocenters. The number of benzene rings is 1. The lowest BCUT2D eigenvalue weighted by molar-refractivity contribution is -0.118. The number of anilines is 2. The van der Waals surface area contributed by atoms with Gasteiger partial charge in [0.05, 0.1) is 0 Å². The van der Waals surface area contributed by atoms with Gasteiger partial charge in [-0.25, -0.2) is 0 Å². The number of hydrogen-bond donors (Lipinski definition) is 1. The van der Waals surface area contributed by atoms with Gasteiger partial charge in [0.1, 0.15) is 6.04 Å². The maximum absolute atomic E-state index is 12.6. The predicted octanol–water partition coefficient (Wildman–Crippen LogP) is 2.44. The van der Waals surface area contributed by atoms with Crippen LogP contribution in [0.15, 0.2) is 35.2 Å². The van der Waals surface area contributed by atoms with Crippen molar-refractivity contribution in [3.05, 3.63) is 36.2 Å². The summed E-state index contributed by atoms with van der Waals surface area (Å²) in [5.41, 5.74) is 1.89. The van der Waals surface area contributed by atoms with Crippen LogP contribution in [0.5, 0.6) is 0 Å². The summed E-state index contributed by atoms with van der Waals surface area (Å²) in [6, 6.07) is 7.48. The van der Waals surface area contributed by atoms with Gasteiger partial charge in [0.15, 0.2) is 0 Å². The minimum absolute atomic E-state index is 0.0286. The highest BCUT2D eigenvalue weighted by Crippen LogP contribution is 2.29. The molecular formula is C15H18N4O2. The van der Waals surface area contributed by atoms with Crippen LogP contribution >= 0.6 is 0 Å². The number of aromatic nitrogens is 2. The van der Waals surface area contributed by atoms with E-state index < -0.39 is 0 Å². The molecule has 1 aromatic carbocycles. The van der Waals surface area contributed by atoms with E-state index in [2.05, 4.69) is 29.3 Å². The fraction of sp³-hybridized carbons (Fsp3) is 0.400. The molecule has 2 atom stereocenters. The quantitative estimate of drug-likeness (QED) is 0.938. The van der Waals surface area contributed by atoms with Crippen LogP contribution in [0.4, 0.5) is 11.6 Å². The number of rotatable bonds is 3. The lowest BCUT2D eigenvalue weighted by Gasteiger charge is -2.31. The van der Waals surface area contributed by atoms with Gasteiger partial charge in [0.2, 0.25) is 12.3 Å². The first-order valence-electron chi connectivity index (χ1n) is 7.12. The second kappa shape index (κ2) is 5.55. The van der Waals surface area contributed by atoms with Crippen molar-refractivity contribution in [3.8, 4) is 0 Å². The normalized spacial score (nSPS) is 19.6. The Morgan fingerprint density at radius 3 is 3.00 bits per heavy atom. The summed E-state index contributed by atoms with van der Waals surface area (Å²) in [7, 11) is 0. The SMILES string of the molecule is CCC(C)C1C(=O)Nc2ccccc2CN1c1ncon1. The van der Waals surface area contributed by atoms with Crippen molar-refractivity contribution in [1.82, 2.24) is 10.1 Å². The highest BCUT2D eigenvalue weighted by atomic mass is 16.5. The molecule has 0 bridgehead atoms. The Labute approximate surface area is 123 Å². The first-order chi connectivity index (χ1) is 10.2. The molecule has 1 amide bonds. The van der Waals surface area contributed by atoms with E-state index in [1.165, 1.54) is 6.39 Å². The number of fused-ring (bicyclic) bond motifs is 1. The summed E-state index contributed by atoms with van der Waals surface area (Å²) in [6.45, 7) is 4.71. The molecule has 1 aliphatic rings. The van der Waals surface area contributed by atoms with Gasteiger partial charge in [-0.05, 0) is 22.7 Å². The summed E-state index contributed by atoms with van der Waals surface area (Å²) < 4.78 is 4.86. The Balaban J connectivity index is 2.05. The van der Waals surface area contributed by atoms with Crippen molar-refractivity contribution < 1.29 is 9.32 Å². The highest BCUT2D eigenvalue weighted by molar-refractivity contribution is 5.98. The number of hydrogen-bond acceptors (Lipinski definition) is 5. The Bertz CT molecular complexity index is 626. The van der Waals surface area contributed by atoms with Crippen molar-refractivity contribution in [1.29, 1.82) is 0 Å². The number of nitrogens with one attached hydrogen (secondary N) is 1. The first-order valence-corrected chi connectivity index (χ1v) is 7.12. The highest BCUT2D eigenvalue weighted by Gasteiger charge is 2.35. The van der Waals surface area contributed by atoms with Crippen LogP contribution in [0.1, 0.15) is 25.8 Å². The Kier molecular flexibility index (Phi) is 3.60. The number of nitrogens with zero attached hydrogens (tertiary/aromatic N) is 3. The minimum atomic E-state index is -0.319. The smallest absolute Gasteiger partial charge is 0.266 e. The molecule has 1 aliphatic heterocycles. The fourth-order valence-corrected chi connectivity index (χ4v) is 2.69. The second-order valence-corrected chi connectivity index (χ2v) is 5.34. The maximum atomic E-state index is 12.6. The Hall–Kier alpha value is -2.37. The van der Waals surface area contributed by atoms with Gasteiger partial charge in [-0.2, -0.15) is 4.98 Å². The van der Waals surface area contributed by atoms with E-state index in [0.29, 0.717) is 12.5 Å². The standard InChI is InChI=1S/C15H18N4O2/c1-3-10(2)13-14(20)17-12-7-5-4-6-11(12)8-19(13)15-16-9-21-18-15/h4-7,9-10,13H,3,8H2,1-2H3,(H,17,20). The van der Waals surface area contributed by atoms with Crippen molar-refractivity contribution in [2.45, 2.75) is 32.9 Å². The molecule has 1 N–H and O–H groups in total. The van der Waals surface area contributed by atoms with Crippen molar-refractivity contribution >= 4 is 17.5 Å². The third kappa shape index (κ3) is 2.49. The molecule has 1 aromatic heterocycles. The average molecular weight is 286 g/mol. The number of carbonyl (C=O) groups excluding carboxylic acids is 1. The predicted molar refractivity (Wildman–Crippen MR) is 78.8 cm³/mol. The topological polar surface area (TPSA) is 71.3 Å². The molecule has 6 heteroatoms. The van der Waals surface area contributed by atoms with Gasteiger partial charge >= 0.3 is 0 Å². The van der Waals surface area contributed by atoms with Crippen LogP contribution in [0.2, 0.25) is 0 Å².